The second kappa shape index (κ2) is 8.60. The van der Waals surface area contributed by atoms with Crippen LogP contribution in [-0.2, 0) is 27.8 Å². The van der Waals surface area contributed by atoms with Gasteiger partial charge in [-0.1, -0.05) is 36.4 Å². The molecule has 0 bridgehead atoms. The number of rotatable bonds is 7. The highest BCUT2D eigenvalue weighted by atomic mass is 32.2. The first-order chi connectivity index (χ1) is 14.9. The van der Waals surface area contributed by atoms with Crippen LogP contribution in [-0.4, -0.2) is 60.7 Å². The zero-order valence-corrected chi connectivity index (χ0v) is 17.7. The molecule has 0 aliphatic carbocycles. The van der Waals surface area contributed by atoms with Gasteiger partial charge in [0, 0.05) is 19.6 Å². The van der Waals surface area contributed by atoms with E-state index in [-0.39, 0.29) is 36.4 Å². The van der Waals surface area contributed by atoms with E-state index in [2.05, 4.69) is 5.32 Å². The number of amides is 3. The summed E-state index contributed by atoms with van der Waals surface area (Å²) < 4.78 is 26.8. The number of hydrogen-bond acceptors (Lipinski definition) is 5. The minimum Gasteiger partial charge on any atom is -0.355 e. The van der Waals surface area contributed by atoms with E-state index < -0.39 is 27.7 Å². The van der Waals surface area contributed by atoms with Crippen LogP contribution in [0.3, 0.4) is 0 Å². The molecule has 1 N–H and O–H groups in total. The van der Waals surface area contributed by atoms with Crippen molar-refractivity contribution in [3.63, 3.8) is 0 Å². The van der Waals surface area contributed by atoms with E-state index in [0.717, 1.165) is 10.5 Å². The summed E-state index contributed by atoms with van der Waals surface area (Å²) in [5.74, 6) is -1.58. The minimum atomic E-state index is -3.44. The standard InChI is InChI=1S/C22H23N3O5S/c26-20(15-25-21(27)18-8-3-4-9-19(18)22(25)28)23-11-5-13-31(29,30)24-12-10-16-6-1-2-7-17(16)14-24/h1-4,6-9H,5,10-15H2,(H,23,26). The van der Waals surface area contributed by atoms with Gasteiger partial charge in [-0.15, -0.1) is 0 Å². The Morgan fingerprint density at radius 1 is 0.935 bits per heavy atom. The van der Waals surface area contributed by atoms with E-state index in [9.17, 15) is 22.8 Å². The molecule has 0 saturated carbocycles. The van der Waals surface area contributed by atoms with E-state index in [4.69, 9.17) is 0 Å². The van der Waals surface area contributed by atoms with Gasteiger partial charge in [-0.2, -0.15) is 4.31 Å². The zero-order valence-electron chi connectivity index (χ0n) is 16.9. The number of nitrogens with zero attached hydrogens (tertiary/aromatic N) is 2. The lowest BCUT2D eigenvalue weighted by atomic mass is 10.0. The summed E-state index contributed by atoms with van der Waals surface area (Å²) >= 11 is 0. The lowest BCUT2D eigenvalue weighted by Crippen LogP contribution is -2.41. The molecule has 2 aliphatic rings. The Kier molecular flexibility index (Phi) is 5.88. The molecule has 0 spiro atoms. The van der Waals surface area contributed by atoms with E-state index in [1.54, 1.807) is 24.3 Å². The Morgan fingerprint density at radius 3 is 2.23 bits per heavy atom. The molecule has 162 valence electrons. The highest BCUT2D eigenvalue weighted by molar-refractivity contribution is 7.89. The number of hydrogen-bond donors (Lipinski definition) is 1. The lowest BCUT2D eigenvalue weighted by Gasteiger charge is -2.28. The lowest BCUT2D eigenvalue weighted by molar-refractivity contribution is -0.121. The van der Waals surface area contributed by atoms with Crippen LogP contribution in [0.5, 0.6) is 0 Å². The normalized spacial score (nSPS) is 16.2. The number of fused-ring (bicyclic) bond motifs is 2. The van der Waals surface area contributed by atoms with Crippen molar-refractivity contribution in [3.8, 4) is 0 Å². The first kappa shape index (κ1) is 21.2. The van der Waals surface area contributed by atoms with E-state index in [0.29, 0.717) is 19.5 Å². The third-order valence-corrected chi connectivity index (χ3v) is 7.47. The van der Waals surface area contributed by atoms with Crippen LogP contribution in [0.4, 0.5) is 0 Å². The molecule has 2 heterocycles. The maximum absolute atomic E-state index is 12.6. The number of imide groups is 1. The molecule has 2 aromatic rings. The average molecular weight is 442 g/mol. The maximum Gasteiger partial charge on any atom is 0.262 e. The van der Waals surface area contributed by atoms with Crippen molar-refractivity contribution in [1.29, 1.82) is 0 Å². The molecule has 0 radical (unpaired) electrons. The molecule has 0 unspecified atom stereocenters. The highest BCUT2D eigenvalue weighted by Gasteiger charge is 2.36. The molecule has 0 aromatic heterocycles. The van der Waals surface area contributed by atoms with Gasteiger partial charge in [0.25, 0.3) is 11.8 Å². The monoisotopic (exact) mass is 441 g/mol. The van der Waals surface area contributed by atoms with E-state index >= 15 is 0 Å². The van der Waals surface area contributed by atoms with Gasteiger partial charge in [-0.25, -0.2) is 8.42 Å². The van der Waals surface area contributed by atoms with Gasteiger partial charge in [0.05, 0.1) is 16.9 Å². The summed E-state index contributed by atoms with van der Waals surface area (Å²) in [5, 5.41) is 2.60. The third-order valence-electron chi connectivity index (χ3n) is 5.57. The smallest absolute Gasteiger partial charge is 0.262 e. The summed E-state index contributed by atoms with van der Waals surface area (Å²) in [7, 11) is -3.44. The molecule has 4 rings (SSSR count). The van der Waals surface area contributed by atoms with Gasteiger partial charge < -0.3 is 5.32 Å². The third kappa shape index (κ3) is 4.38. The van der Waals surface area contributed by atoms with Gasteiger partial charge in [0.1, 0.15) is 6.54 Å². The van der Waals surface area contributed by atoms with Crippen molar-refractivity contribution in [2.24, 2.45) is 0 Å². The van der Waals surface area contributed by atoms with E-state index in [1.165, 1.54) is 9.87 Å². The number of benzene rings is 2. The highest BCUT2D eigenvalue weighted by Crippen LogP contribution is 2.22. The van der Waals surface area contributed by atoms with Gasteiger partial charge in [0.2, 0.25) is 15.9 Å². The second-order valence-corrected chi connectivity index (χ2v) is 9.70. The van der Waals surface area contributed by atoms with Crippen LogP contribution in [0.25, 0.3) is 0 Å². The molecule has 9 heteroatoms. The predicted octanol–water partition coefficient (Wildman–Crippen LogP) is 1.18. The summed E-state index contributed by atoms with van der Waals surface area (Å²) in [5.41, 5.74) is 2.77. The molecule has 2 aromatic carbocycles. The summed E-state index contributed by atoms with van der Waals surface area (Å²) in [4.78, 5) is 37.7. The van der Waals surface area contributed by atoms with Crippen LogP contribution in [0.1, 0.15) is 38.3 Å². The second-order valence-electron chi connectivity index (χ2n) is 7.61. The number of carbonyl (C=O) groups is 3. The zero-order chi connectivity index (χ0) is 22.0. The largest absolute Gasteiger partial charge is 0.355 e. The topological polar surface area (TPSA) is 104 Å². The van der Waals surface area contributed by atoms with Crippen LogP contribution in [0.2, 0.25) is 0 Å². The van der Waals surface area contributed by atoms with Crippen LogP contribution in [0.15, 0.2) is 48.5 Å². The van der Waals surface area contributed by atoms with Gasteiger partial charge in [0.15, 0.2) is 0 Å². The van der Waals surface area contributed by atoms with Crippen LogP contribution >= 0.6 is 0 Å². The molecular formula is C22H23N3O5S. The maximum atomic E-state index is 12.6. The Hall–Kier alpha value is -3.04. The fourth-order valence-corrected chi connectivity index (χ4v) is 5.37. The number of nitrogens with one attached hydrogen (secondary N) is 1. The number of sulfonamides is 1. The summed E-state index contributed by atoms with van der Waals surface area (Å²) in [6.07, 6.45) is 0.931. The Morgan fingerprint density at radius 2 is 1.55 bits per heavy atom. The molecule has 3 amide bonds. The van der Waals surface area contributed by atoms with Gasteiger partial charge in [-0.05, 0) is 36.1 Å². The first-order valence-electron chi connectivity index (χ1n) is 10.1. The van der Waals surface area contributed by atoms with Crippen molar-refractivity contribution in [3.05, 3.63) is 70.8 Å². The Bertz CT molecular complexity index is 1110. The van der Waals surface area contributed by atoms with Crippen molar-refractivity contribution in [1.82, 2.24) is 14.5 Å². The molecule has 0 saturated heterocycles. The molecule has 0 fully saturated rings. The molecular weight excluding hydrogens is 418 g/mol. The van der Waals surface area contributed by atoms with E-state index in [1.807, 2.05) is 24.3 Å². The fourth-order valence-electron chi connectivity index (χ4n) is 3.90. The minimum absolute atomic E-state index is 0.0809. The van der Waals surface area contributed by atoms with Crippen LogP contribution in [0, 0.1) is 0 Å². The van der Waals surface area contributed by atoms with Crippen molar-refractivity contribution < 1.29 is 22.8 Å². The van der Waals surface area contributed by atoms with Crippen molar-refractivity contribution in [2.75, 3.05) is 25.4 Å². The molecule has 2 aliphatic heterocycles. The average Bonchev–Trinajstić information content (AvgIpc) is 3.01. The van der Waals surface area contributed by atoms with Crippen LogP contribution < -0.4 is 5.32 Å². The fraction of sp³-hybridized carbons (Fsp3) is 0.318. The SMILES string of the molecule is O=C(CN1C(=O)c2ccccc2C1=O)NCCCS(=O)(=O)N1CCc2ccccc2C1. The van der Waals surface area contributed by atoms with Gasteiger partial charge in [-0.3, -0.25) is 19.3 Å². The Labute approximate surface area is 180 Å². The quantitative estimate of drug-likeness (QED) is 0.513. The Balaban J connectivity index is 1.24. The number of carbonyl (C=O) groups excluding carboxylic acids is 3. The van der Waals surface area contributed by atoms with Crippen molar-refractivity contribution in [2.45, 2.75) is 19.4 Å². The predicted molar refractivity (Wildman–Crippen MR) is 114 cm³/mol. The molecule has 0 atom stereocenters. The summed E-state index contributed by atoms with van der Waals surface area (Å²) in [6, 6.07) is 14.2. The van der Waals surface area contributed by atoms with Gasteiger partial charge >= 0.3 is 0 Å². The molecule has 31 heavy (non-hydrogen) atoms. The van der Waals surface area contributed by atoms with Crippen molar-refractivity contribution >= 4 is 27.7 Å². The molecule has 8 nitrogen and oxygen atoms in total. The summed E-state index contributed by atoms with van der Waals surface area (Å²) in [6.45, 7) is 0.573. The first-order valence-corrected chi connectivity index (χ1v) is 11.7.